The fourth-order valence-corrected chi connectivity index (χ4v) is 2.79. The molecule has 0 radical (unpaired) electrons. The third-order valence-corrected chi connectivity index (χ3v) is 4.08. The van der Waals surface area contributed by atoms with Gasteiger partial charge in [0.25, 0.3) is 0 Å². The van der Waals surface area contributed by atoms with Gasteiger partial charge in [0, 0.05) is 11.7 Å². The van der Waals surface area contributed by atoms with Gasteiger partial charge in [-0.3, -0.25) is 0 Å². The second-order valence-corrected chi connectivity index (χ2v) is 5.53. The molecule has 2 rings (SSSR count). The molecule has 0 amide bonds. The van der Waals surface area contributed by atoms with Crippen molar-refractivity contribution in [2.75, 3.05) is 0 Å². The average Bonchev–Trinajstić information content (AvgIpc) is 2.73. The Hall–Kier alpha value is -1.68. The van der Waals surface area contributed by atoms with Crippen LogP contribution in [0.15, 0.2) is 18.2 Å². The van der Waals surface area contributed by atoms with Gasteiger partial charge in [-0.2, -0.15) is 5.10 Å². The van der Waals surface area contributed by atoms with Crippen molar-refractivity contribution >= 4 is 0 Å². The molecule has 2 N–H and O–H groups in total. The third kappa shape index (κ3) is 3.00. The quantitative estimate of drug-likeness (QED) is 0.916. The molecule has 21 heavy (non-hydrogen) atoms. The third-order valence-electron chi connectivity index (χ3n) is 4.08. The van der Waals surface area contributed by atoms with Crippen molar-refractivity contribution in [2.24, 2.45) is 5.73 Å². The fraction of sp³-hybridized carbons (Fsp3) is 0.471. The molecule has 0 spiro atoms. The molecule has 1 atom stereocenters. The molecule has 1 heterocycles. The lowest BCUT2D eigenvalue weighted by atomic mass is 10.0. The van der Waals surface area contributed by atoms with E-state index in [1.165, 1.54) is 11.6 Å². The van der Waals surface area contributed by atoms with Crippen LogP contribution < -0.4 is 5.73 Å². The summed E-state index contributed by atoms with van der Waals surface area (Å²) in [4.78, 5) is 0. The smallest absolute Gasteiger partial charge is 0.149 e. The highest BCUT2D eigenvalue weighted by molar-refractivity contribution is 5.45. The summed E-state index contributed by atoms with van der Waals surface area (Å²) < 4.78 is 16.2. The summed E-state index contributed by atoms with van der Waals surface area (Å²) in [6, 6.07) is 5.20. The summed E-state index contributed by atoms with van der Waals surface area (Å²) in [5, 5.41) is 4.54. The Balaban J connectivity index is 2.58. The van der Waals surface area contributed by atoms with E-state index in [1.54, 1.807) is 10.7 Å². The monoisotopic (exact) mass is 289 g/mol. The number of aromatic nitrogens is 2. The van der Waals surface area contributed by atoms with Gasteiger partial charge in [-0.15, -0.1) is 0 Å². The van der Waals surface area contributed by atoms with Crippen LogP contribution in [0.4, 0.5) is 4.39 Å². The zero-order valence-corrected chi connectivity index (χ0v) is 13.3. The van der Waals surface area contributed by atoms with Crippen LogP contribution in [-0.2, 0) is 12.8 Å². The summed E-state index contributed by atoms with van der Waals surface area (Å²) in [6.07, 6.45) is 2.42. The van der Waals surface area contributed by atoms with E-state index < -0.39 is 0 Å². The van der Waals surface area contributed by atoms with Crippen LogP contribution in [0.5, 0.6) is 0 Å². The molecule has 2 aromatic rings. The highest BCUT2D eigenvalue weighted by Crippen LogP contribution is 2.24. The van der Waals surface area contributed by atoms with E-state index in [4.69, 9.17) is 5.73 Å². The minimum atomic E-state index is -0.246. The van der Waals surface area contributed by atoms with Gasteiger partial charge in [0.05, 0.1) is 5.69 Å². The van der Waals surface area contributed by atoms with Crippen molar-refractivity contribution in [1.82, 2.24) is 9.78 Å². The lowest BCUT2D eigenvalue weighted by Crippen LogP contribution is -2.22. The van der Waals surface area contributed by atoms with Crippen molar-refractivity contribution in [3.8, 4) is 5.69 Å². The van der Waals surface area contributed by atoms with Crippen molar-refractivity contribution < 1.29 is 4.39 Å². The predicted octanol–water partition coefficient (Wildman–Crippen LogP) is 3.47. The number of hydrogen-bond acceptors (Lipinski definition) is 2. The van der Waals surface area contributed by atoms with Crippen LogP contribution in [0.1, 0.15) is 42.8 Å². The van der Waals surface area contributed by atoms with Crippen LogP contribution in [0.3, 0.4) is 0 Å². The Morgan fingerprint density at radius 3 is 2.57 bits per heavy atom. The van der Waals surface area contributed by atoms with Gasteiger partial charge in [-0.25, -0.2) is 9.07 Å². The van der Waals surface area contributed by atoms with Gasteiger partial charge in [-0.1, -0.05) is 26.0 Å². The molecule has 3 nitrogen and oxygen atoms in total. The van der Waals surface area contributed by atoms with Crippen LogP contribution in [0.25, 0.3) is 5.69 Å². The number of nitrogens with zero attached hydrogens (tertiary/aromatic N) is 2. The van der Waals surface area contributed by atoms with Gasteiger partial charge < -0.3 is 5.73 Å². The van der Waals surface area contributed by atoms with Crippen molar-refractivity contribution in [2.45, 2.75) is 53.0 Å². The first-order valence-corrected chi connectivity index (χ1v) is 7.57. The van der Waals surface area contributed by atoms with E-state index in [-0.39, 0.29) is 11.9 Å². The van der Waals surface area contributed by atoms with Crippen LogP contribution in [-0.4, -0.2) is 15.8 Å². The molecule has 0 saturated carbocycles. The molecule has 1 unspecified atom stereocenters. The number of para-hydroxylation sites is 1. The lowest BCUT2D eigenvalue weighted by molar-refractivity contribution is 0.593. The normalized spacial score (nSPS) is 12.7. The van der Waals surface area contributed by atoms with Gasteiger partial charge in [-0.05, 0) is 50.3 Å². The second-order valence-electron chi connectivity index (χ2n) is 5.53. The van der Waals surface area contributed by atoms with E-state index in [9.17, 15) is 4.39 Å². The molecule has 0 bridgehead atoms. The van der Waals surface area contributed by atoms with Crippen molar-refractivity contribution in [3.05, 3.63) is 46.5 Å². The van der Waals surface area contributed by atoms with E-state index in [1.807, 2.05) is 26.8 Å². The number of benzene rings is 1. The van der Waals surface area contributed by atoms with Gasteiger partial charge in [0.15, 0.2) is 0 Å². The maximum absolute atomic E-state index is 14.4. The maximum atomic E-state index is 14.4. The zero-order valence-electron chi connectivity index (χ0n) is 13.3. The second kappa shape index (κ2) is 6.39. The number of rotatable bonds is 5. The molecular formula is C17H24FN3. The maximum Gasteiger partial charge on any atom is 0.149 e. The standard InChI is InChI=1S/C17H24FN3/c1-5-14(19)10-13-8-7-9-16(18)17(13)21-12(4)15(6-2)11(3)20-21/h7-9,14H,5-6,10,19H2,1-4H3. The fourth-order valence-electron chi connectivity index (χ4n) is 2.79. The van der Waals surface area contributed by atoms with Crippen LogP contribution in [0.2, 0.25) is 0 Å². The molecule has 0 aliphatic heterocycles. The van der Waals surface area contributed by atoms with E-state index >= 15 is 0 Å². The lowest BCUT2D eigenvalue weighted by Gasteiger charge is -2.15. The average molecular weight is 289 g/mol. The Morgan fingerprint density at radius 1 is 1.29 bits per heavy atom. The topological polar surface area (TPSA) is 43.8 Å². The van der Waals surface area contributed by atoms with Gasteiger partial charge >= 0.3 is 0 Å². The van der Waals surface area contributed by atoms with E-state index in [2.05, 4.69) is 12.0 Å². The number of nitrogens with two attached hydrogens (primary N) is 1. The first-order chi connectivity index (χ1) is 9.99. The Kier molecular flexibility index (Phi) is 4.78. The molecule has 0 aliphatic rings. The Labute approximate surface area is 126 Å². The molecule has 114 valence electrons. The summed E-state index contributed by atoms with van der Waals surface area (Å²) in [6.45, 7) is 8.11. The highest BCUT2D eigenvalue weighted by Gasteiger charge is 2.18. The SMILES string of the molecule is CCc1c(C)nn(-c2c(F)cccc2CC(N)CC)c1C. The first-order valence-electron chi connectivity index (χ1n) is 7.57. The number of hydrogen-bond donors (Lipinski definition) is 1. The predicted molar refractivity (Wildman–Crippen MR) is 84.3 cm³/mol. The summed E-state index contributed by atoms with van der Waals surface area (Å²) in [5.41, 5.74) is 10.7. The Bertz CT molecular complexity index is 631. The molecular weight excluding hydrogens is 265 g/mol. The summed E-state index contributed by atoms with van der Waals surface area (Å²) >= 11 is 0. The van der Waals surface area contributed by atoms with Crippen molar-refractivity contribution in [1.29, 1.82) is 0 Å². The zero-order chi connectivity index (χ0) is 15.6. The molecule has 0 fully saturated rings. The molecule has 0 aliphatic carbocycles. The van der Waals surface area contributed by atoms with Gasteiger partial charge in [0.2, 0.25) is 0 Å². The Morgan fingerprint density at radius 2 is 2.00 bits per heavy atom. The molecule has 0 saturated heterocycles. The van der Waals surface area contributed by atoms with E-state index in [0.717, 1.165) is 29.8 Å². The van der Waals surface area contributed by atoms with Gasteiger partial charge in [0.1, 0.15) is 11.5 Å². The molecule has 4 heteroatoms. The largest absolute Gasteiger partial charge is 0.327 e. The van der Waals surface area contributed by atoms with E-state index in [0.29, 0.717) is 12.1 Å². The van der Waals surface area contributed by atoms with Crippen molar-refractivity contribution in [3.63, 3.8) is 0 Å². The highest BCUT2D eigenvalue weighted by atomic mass is 19.1. The summed E-state index contributed by atoms with van der Waals surface area (Å²) in [7, 11) is 0. The summed E-state index contributed by atoms with van der Waals surface area (Å²) in [5.74, 6) is -0.246. The number of aryl methyl sites for hydroxylation is 1. The number of halogens is 1. The van der Waals surface area contributed by atoms with Crippen LogP contribution in [0, 0.1) is 19.7 Å². The minimum Gasteiger partial charge on any atom is -0.327 e. The molecule has 1 aromatic carbocycles. The van der Waals surface area contributed by atoms with Crippen LogP contribution >= 0.6 is 0 Å². The minimum absolute atomic E-state index is 0.0353. The first kappa shape index (κ1) is 15.7. The molecule has 1 aromatic heterocycles.